The predicted octanol–water partition coefficient (Wildman–Crippen LogP) is 3.15. The van der Waals surface area contributed by atoms with E-state index in [2.05, 4.69) is 26.1 Å². The van der Waals surface area contributed by atoms with Gasteiger partial charge in [0.25, 0.3) is 0 Å². The van der Waals surface area contributed by atoms with Crippen LogP contribution in [0.1, 0.15) is 36.7 Å². The molecule has 0 spiro atoms. The van der Waals surface area contributed by atoms with E-state index in [1.807, 2.05) is 19.1 Å². The molecule has 0 aliphatic carbocycles. The van der Waals surface area contributed by atoms with Crippen molar-refractivity contribution in [3.8, 4) is 0 Å². The van der Waals surface area contributed by atoms with Gasteiger partial charge in [0.15, 0.2) is 0 Å². The van der Waals surface area contributed by atoms with Crippen LogP contribution in [0.15, 0.2) is 18.2 Å². The molecule has 0 amide bonds. The lowest BCUT2D eigenvalue weighted by molar-refractivity contribution is 0.0698. The standard InChI is InChI=1S/C13H19NO2/c1-9-5-6-10(12(15)16)11(7-9)14-8-13(2,3)4/h5-7,14H,8H2,1-4H3,(H,15,16). The van der Waals surface area contributed by atoms with Crippen molar-refractivity contribution in [2.45, 2.75) is 27.7 Å². The third-order valence-corrected chi connectivity index (χ3v) is 2.21. The van der Waals surface area contributed by atoms with Crippen LogP contribution in [0.2, 0.25) is 0 Å². The van der Waals surface area contributed by atoms with E-state index in [0.29, 0.717) is 11.3 Å². The lowest BCUT2D eigenvalue weighted by atomic mass is 9.96. The maximum atomic E-state index is 11.0. The van der Waals surface area contributed by atoms with Crippen LogP contribution in [-0.4, -0.2) is 17.6 Å². The highest BCUT2D eigenvalue weighted by Gasteiger charge is 2.13. The molecule has 0 radical (unpaired) electrons. The molecule has 0 aliphatic heterocycles. The Kier molecular flexibility index (Phi) is 3.58. The normalized spacial score (nSPS) is 11.2. The molecule has 0 saturated carbocycles. The summed E-state index contributed by atoms with van der Waals surface area (Å²) in [4.78, 5) is 11.0. The minimum atomic E-state index is -0.892. The third kappa shape index (κ3) is 3.57. The quantitative estimate of drug-likeness (QED) is 0.824. The van der Waals surface area contributed by atoms with Crippen LogP contribution in [0.3, 0.4) is 0 Å². The molecule has 1 aromatic rings. The van der Waals surface area contributed by atoms with Gasteiger partial charge in [-0.05, 0) is 30.0 Å². The molecular formula is C13H19NO2. The van der Waals surface area contributed by atoms with Gasteiger partial charge in [-0.25, -0.2) is 4.79 Å². The second-order valence-corrected chi connectivity index (χ2v) is 5.27. The van der Waals surface area contributed by atoms with Crippen molar-refractivity contribution < 1.29 is 9.90 Å². The van der Waals surface area contributed by atoms with E-state index in [9.17, 15) is 4.79 Å². The van der Waals surface area contributed by atoms with Gasteiger partial charge < -0.3 is 10.4 Å². The zero-order valence-corrected chi connectivity index (χ0v) is 10.3. The van der Waals surface area contributed by atoms with Crippen molar-refractivity contribution >= 4 is 11.7 Å². The van der Waals surface area contributed by atoms with Crippen molar-refractivity contribution in [1.29, 1.82) is 0 Å². The molecular weight excluding hydrogens is 202 g/mol. The Hall–Kier alpha value is -1.51. The zero-order chi connectivity index (χ0) is 12.3. The first-order chi connectivity index (χ1) is 7.29. The highest BCUT2D eigenvalue weighted by Crippen LogP contribution is 2.20. The highest BCUT2D eigenvalue weighted by atomic mass is 16.4. The van der Waals surface area contributed by atoms with Crippen LogP contribution in [0.25, 0.3) is 0 Å². The monoisotopic (exact) mass is 221 g/mol. The fourth-order valence-electron chi connectivity index (χ4n) is 1.35. The Bertz CT molecular complexity index is 391. The van der Waals surface area contributed by atoms with Gasteiger partial charge in [-0.3, -0.25) is 0 Å². The van der Waals surface area contributed by atoms with Gasteiger partial charge in [0.05, 0.1) is 5.56 Å². The van der Waals surface area contributed by atoms with E-state index < -0.39 is 5.97 Å². The van der Waals surface area contributed by atoms with E-state index in [0.717, 1.165) is 12.1 Å². The fraction of sp³-hybridized carbons (Fsp3) is 0.462. The van der Waals surface area contributed by atoms with Crippen LogP contribution in [0.5, 0.6) is 0 Å². The van der Waals surface area contributed by atoms with E-state index in [4.69, 9.17) is 5.11 Å². The molecule has 0 aliphatic rings. The van der Waals surface area contributed by atoms with Crippen molar-refractivity contribution in [3.63, 3.8) is 0 Å². The highest BCUT2D eigenvalue weighted by molar-refractivity contribution is 5.94. The van der Waals surface area contributed by atoms with E-state index >= 15 is 0 Å². The summed E-state index contributed by atoms with van der Waals surface area (Å²) >= 11 is 0. The molecule has 88 valence electrons. The van der Waals surface area contributed by atoms with Gasteiger partial charge in [0.2, 0.25) is 0 Å². The molecule has 2 N–H and O–H groups in total. The Balaban J connectivity index is 2.93. The molecule has 0 unspecified atom stereocenters. The summed E-state index contributed by atoms with van der Waals surface area (Å²) in [6, 6.07) is 5.32. The Morgan fingerprint density at radius 2 is 2.00 bits per heavy atom. The van der Waals surface area contributed by atoms with Gasteiger partial charge in [-0.2, -0.15) is 0 Å². The van der Waals surface area contributed by atoms with Crippen LogP contribution in [-0.2, 0) is 0 Å². The number of hydrogen-bond donors (Lipinski definition) is 2. The molecule has 1 aromatic carbocycles. The van der Waals surface area contributed by atoms with Gasteiger partial charge in [0.1, 0.15) is 0 Å². The second kappa shape index (κ2) is 4.56. The second-order valence-electron chi connectivity index (χ2n) is 5.27. The van der Waals surface area contributed by atoms with Crippen molar-refractivity contribution in [1.82, 2.24) is 0 Å². The molecule has 0 fully saturated rings. The maximum absolute atomic E-state index is 11.0. The molecule has 0 bridgehead atoms. The average Bonchev–Trinajstić information content (AvgIpc) is 2.13. The summed E-state index contributed by atoms with van der Waals surface area (Å²) < 4.78 is 0. The molecule has 0 heterocycles. The van der Waals surface area contributed by atoms with Gasteiger partial charge in [0, 0.05) is 12.2 Å². The van der Waals surface area contributed by atoms with Gasteiger partial charge >= 0.3 is 5.97 Å². The van der Waals surface area contributed by atoms with Crippen LogP contribution >= 0.6 is 0 Å². The van der Waals surface area contributed by atoms with E-state index in [1.54, 1.807) is 6.07 Å². The number of anilines is 1. The Labute approximate surface area is 96.5 Å². The summed E-state index contributed by atoms with van der Waals surface area (Å²) in [5.74, 6) is -0.892. The summed E-state index contributed by atoms with van der Waals surface area (Å²) in [5.41, 5.74) is 2.21. The number of rotatable bonds is 3. The first-order valence-corrected chi connectivity index (χ1v) is 5.37. The summed E-state index contributed by atoms with van der Waals surface area (Å²) in [6.07, 6.45) is 0. The third-order valence-electron chi connectivity index (χ3n) is 2.21. The molecule has 0 atom stereocenters. The molecule has 0 aromatic heterocycles. The van der Waals surface area contributed by atoms with E-state index in [1.165, 1.54) is 0 Å². The van der Waals surface area contributed by atoms with Gasteiger partial charge in [-0.1, -0.05) is 26.8 Å². The molecule has 0 saturated heterocycles. The fourth-order valence-corrected chi connectivity index (χ4v) is 1.35. The van der Waals surface area contributed by atoms with E-state index in [-0.39, 0.29) is 5.41 Å². The van der Waals surface area contributed by atoms with Crippen molar-refractivity contribution in [3.05, 3.63) is 29.3 Å². The van der Waals surface area contributed by atoms with Crippen LogP contribution in [0, 0.1) is 12.3 Å². The molecule has 16 heavy (non-hydrogen) atoms. The number of hydrogen-bond acceptors (Lipinski definition) is 2. The summed E-state index contributed by atoms with van der Waals surface area (Å²) in [6.45, 7) is 9.02. The topological polar surface area (TPSA) is 49.3 Å². The lowest BCUT2D eigenvalue weighted by Crippen LogP contribution is -2.20. The van der Waals surface area contributed by atoms with Crippen LogP contribution < -0.4 is 5.32 Å². The van der Waals surface area contributed by atoms with Crippen molar-refractivity contribution in [2.24, 2.45) is 5.41 Å². The number of benzene rings is 1. The summed E-state index contributed by atoms with van der Waals surface area (Å²) in [5, 5.41) is 12.2. The predicted molar refractivity (Wildman–Crippen MR) is 66.1 cm³/mol. The number of aryl methyl sites for hydroxylation is 1. The molecule has 3 heteroatoms. The smallest absolute Gasteiger partial charge is 0.337 e. The Morgan fingerprint density at radius 1 is 1.38 bits per heavy atom. The molecule has 3 nitrogen and oxygen atoms in total. The first-order valence-electron chi connectivity index (χ1n) is 5.37. The van der Waals surface area contributed by atoms with Gasteiger partial charge in [-0.15, -0.1) is 0 Å². The average molecular weight is 221 g/mol. The molecule has 1 rings (SSSR count). The Morgan fingerprint density at radius 3 is 2.50 bits per heavy atom. The SMILES string of the molecule is Cc1ccc(C(=O)O)c(NCC(C)(C)C)c1. The zero-order valence-electron chi connectivity index (χ0n) is 10.3. The largest absolute Gasteiger partial charge is 0.478 e. The minimum Gasteiger partial charge on any atom is -0.478 e. The number of carboxylic acids is 1. The number of nitrogens with one attached hydrogen (secondary N) is 1. The number of carboxylic acid groups (broad SMARTS) is 1. The lowest BCUT2D eigenvalue weighted by Gasteiger charge is -2.20. The maximum Gasteiger partial charge on any atom is 0.337 e. The minimum absolute atomic E-state index is 0.125. The number of carbonyl (C=O) groups is 1. The van der Waals surface area contributed by atoms with Crippen LogP contribution in [0.4, 0.5) is 5.69 Å². The summed E-state index contributed by atoms with van der Waals surface area (Å²) in [7, 11) is 0. The first kappa shape index (κ1) is 12.6. The number of aromatic carboxylic acids is 1. The van der Waals surface area contributed by atoms with Crippen molar-refractivity contribution in [2.75, 3.05) is 11.9 Å².